The Kier molecular flexibility index (Phi) is 5.90. The lowest BCUT2D eigenvalue weighted by Gasteiger charge is -2.15. The molecule has 0 saturated carbocycles. The van der Waals surface area contributed by atoms with Crippen LogP contribution in [0, 0.1) is 6.92 Å². The van der Waals surface area contributed by atoms with E-state index in [1.54, 1.807) is 31.4 Å². The zero-order valence-electron chi connectivity index (χ0n) is 18.8. The Bertz CT molecular complexity index is 1350. The number of rotatable bonds is 7. The number of carbonyl (C=O) groups is 2. The largest absolute Gasteiger partial charge is 0.496 e. The van der Waals surface area contributed by atoms with Crippen molar-refractivity contribution in [3.05, 3.63) is 89.5 Å². The first-order valence-corrected chi connectivity index (χ1v) is 11.8. The highest BCUT2D eigenvalue weighted by Crippen LogP contribution is 2.33. The van der Waals surface area contributed by atoms with Crippen LogP contribution in [0.5, 0.6) is 5.75 Å². The summed E-state index contributed by atoms with van der Waals surface area (Å²) in [4.78, 5) is 26.7. The number of carbonyl (C=O) groups excluding carboxylic acids is 2. The number of aromatic nitrogens is 3. The number of hydrogen-bond donors (Lipinski definition) is 0. The number of methoxy groups -OCH3 is 1. The first kappa shape index (κ1) is 21.9. The average Bonchev–Trinajstić information content (AvgIpc) is 3.39. The maximum Gasteiger partial charge on any atom is 0.261 e. The minimum absolute atomic E-state index is 0.254. The molecule has 1 aliphatic rings. The molecule has 0 bridgehead atoms. The normalized spacial score (nSPS) is 12.8. The Hall–Kier alpha value is -3.91. The summed E-state index contributed by atoms with van der Waals surface area (Å²) >= 11 is 1.45. The van der Waals surface area contributed by atoms with E-state index in [0.29, 0.717) is 33.6 Å². The molecule has 1 aliphatic heterocycles. The molecule has 5 rings (SSSR count). The lowest BCUT2D eigenvalue weighted by atomic mass is 10.1. The molecule has 0 aliphatic carbocycles. The Balaban J connectivity index is 1.43. The zero-order valence-corrected chi connectivity index (χ0v) is 19.6. The van der Waals surface area contributed by atoms with Crippen LogP contribution < -0.4 is 4.74 Å². The van der Waals surface area contributed by atoms with Crippen LogP contribution in [0.25, 0.3) is 17.1 Å². The second-order valence-corrected chi connectivity index (χ2v) is 8.90. The van der Waals surface area contributed by atoms with Gasteiger partial charge in [-0.2, -0.15) is 0 Å². The molecule has 0 N–H and O–H groups in total. The van der Waals surface area contributed by atoms with E-state index in [0.717, 1.165) is 16.8 Å². The molecule has 0 spiro atoms. The Labute approximate surface area is 201 Å². The number of hydrogen-bond acceptors (Lipinski definition) is 6. The molecule has 8 heteroatoms. The monoisotopic (exact) mass is 470 g/mol. The molecule has 0 radical (unpaired) electrons. The van der Waals surface area contributed by atoms with Crippen LogP contribution >= 0.6 is 11.8 Å². The molecule has 2 heterocycles. The van der Waals surface area contributed by atoms with Gasteiger partial charge < -0.3 is 4.74 Å². The number of aryl methyl sites for hydroxylation is 1. The molecule has 0 atom stereocenters. The van der Waals surface area contributed by atoms with Gasteiger partial charge in [0.05, 0.1) is 23.8 Å². The second-order valence-electron chi connectivity index (χ2n) is 7.83. The third-order valence-electron chi connectivity index (χ3n) is 5.70. The van der Waals surface area contributed by atoms with Crippen molar-refractivity contribution in [3.63, 3.8) is 0 Å². The van der Waals surface area contributed by atoms with Gasteiger partial charge in [0.25, 0.3) is 11.8 Å². The summed E-state index contributed by atoms with van der Waals surface area (Å²) in [5, 5.41) is 9.58. The minimum atomic E-state index is -0.254. The van der Waals surface area contributed by atoms with E-state index in [9.17, 15) is 9.59 Å². The van der Waals surface area contributed by atoms with Crippen molar-refractivity contribution in [1.82, 2.24) is 19.7 Å². The molecular weight excluding hydrogens is 448 g/mol. The lowest BCUT2D eigenvalue weighted by Crippen LogP contribution is -2.31. The van der Waals surface area contributed by atoms with Crippen LogP contribution in [0.2, 0.25) is 0 Å². The summed E-state index contributed by atoms with van der Waals surface area (Å²) in [7, 11) is 1.63. The standard InChI is InChI=1S/C26H22N4O3S/c1-17-11-13-18(14-12-17)30-23(21-9-5-6-10-22(21)33-2)27-28-26(30)34-16-15-29-24(31)19-7-3-4-8-20(19)25(29)32/h3-14H,15-16H2,1-2H3. The van der Waals surface area contributed by atoms with Crippen molar-refractivity contribution < 1.29 is 14.3 Å². The summed E-state index contributed by atoms with van der Waals surface area (Å²) in [5.41, 5.74) is 3.80. The molecule has 0 saturated heterocycles. The number of para-hydroxylation sites is 1. The van der Waals surface area contributed by atoms with Gasteiger partial charge in [-0.05, 0) is 43.3 Å². The van der Waals surface area contributed by atoms with E-state index in [1.165, 1.54) is 16.7 Å². The van der Waals surface area contributed by atoms with Crippen LogP contribution in [0.15, 0.2) is 78.0 Å². The van der Waals surface area contributed by atoms with Crippen LogP contribution in [0.4, 0.5) is 0 Å². The molecule has 7 nitrogen and oxygen atoms in total. The van der Waals surface area contributed by atoms with Gasteiger partial charge in [0.15, 0.2) is 11.0 Å². The van der Waals surface area contributed by atoms with E-state index < -0.39 is 0 Å². The highest BCUT2D eigenvalue weighted by molar-refractivity contribution is 7.99. The molecule has 3 aromatic carbocycles. The van der Waals surface area contributed by atoms with Crippen molar-refractivity contribution in [2.45, 2.75) is 12.1 Å². The van der Waals surface area contributed by atoms with Crippen molar-refractivity contribution in [3.8, 4) is 22.8 Å². The van der Waals surface area contributed by atoms with E-state index in [1.807, 2.05) is 60.0 Å². The number of thioether (sulfide) groups is 1. The first-order valence-electron chi connectivity index (χ1n) is 10.8. The molecule has 34 heavy (non-hydrogen) atoms. The van der Waals surface area contributed by atoms with Gasteiger partial charge in [0.1, 0.15) is 5.75 Å². The summed E-state index contributed by atoms with van der Waals surface area (Å²) in [6.45, 7) is 2.32. The Morgan fingerprint density at radius 1 is 0.824 bits per heavy atom. The van der Waals surface area contributed by atoms with Gasteiger partial charge >= 0.3 is 0 Å². The Morgan fingerprint density at radius 2 is 1.44 bits per heavy atom. The van der Waals surface area contributed by atoms with Crippen LogP contribution in [0.3, 0.4) is 0 Å². The molecule has 2 amide bonds. The third-order valence-corrected chi connectivity index (χ3v) is 6.61. The summed E-state index contributed by atoms with van der Waals surface area (Å²) in [6, 6.07) is 22.7. The number of ether oxygens (including phenoxy) is 1. The van der Waals surface area contributed by atoms with Crippen LogP contribution in [-0.2, 0) is 0 Å². The van der Waals surface area contributed by atoms with Gasteiger partial charge in [-0.1, -0.05) is 53.7 Å². The smallest absolute Gasteiger partial charge is 0.261 e. The minimum Gasteiger partial charge on any atom is -0.496 e. The van der Waals surface area contributed by atoms with Gasteiger partial charge in [0.2, 0.25) is 0 Å². The van der Waals surface area contributed by atoms with E-state index in [2.05, 4.69) is 10.2 Å². The quantitative estimate of drug-likeness (QED) is 0.289. The molecule has 0 fully saturated rings. The molecule has 170 valence electrons. The number of fused-ring (bicyclic) bond motifs is 1. The molecule has 1 aromatic heterocycles. The van der Waals surface area contributed by atoms with Crippen molar-refractivity contribution in [2.75, 3.05) is 19.4 Å². The highest BCUT2D eigenvalue weighted by atomic mass is 32.2. The highest BCUT2D eigenvalue weighted by Gasteiger charge is 2.34. The van der Waals surface area contributed by atoms with E-state index >= 15 is 0 Å². The topological polar surface area (TPSA) is 77.3 Å². The number of nitrogens with zero attached hydrogens (tertiary/aromatic N) is 4. The number of benzene rings is 3. The van der Waals surface area contributed by atoms with Crippen molar-refractivity contribution in [1.29, 1.82) is 0 Å². The predicted octanol–water partition coefficient (Wildman–Crippen LogP) is 4.64. The Morgan fingerprint density at radius 3 is 2.09 bits per heavy atom. The van der Waals surface area contributed by atoms with Crippen molar-refractivity contribution >= 4 is 23.6 Å². The fraction of sp³-hybridized carbons (Fsp3) is 0.154. The summed E-state index contributed by atoms with van der Waals surface area (Å²) < 4.78 is 7.53. The van der Waals surface area contributed by atoms with E-state index in [4.69, 9.17) is 4.74 Å². The van der Waals surface area contributed by atoms with Crippen LogP contribution in [-0.4, -0.2) is 50.9 Å². The number of amides is 2. The fourth-order valence-electron chi connectivity index (χ4n) is 3.96. The first-order chi connectivity index (χ1) is 16.6. The van der Waals surface area contributed by atoms with Gasteiger partial charge in [-0.3, -0.25) is 19.1 Å². The van der Waals surface area contributed by atoms with Gasteiger partial charge in [0, 0.05) is 18.0 Å². The van der Waals surface area contributed by atoms with Gasteiger partial charge in [-0.15, -0.1) is 10.2 Å². The zero-order chi connectivity index (χ0) is 23.7. The van der Waals surface area contributed by atoms with E-state index in [-0.39, 0.29) is 18.4 Å². The second kappa shape index (κ2) is 9.15. The fourth-order valence-corrected chi connectivity index (χ4v) is 4.84. The van der Waals surface area contributed by atoms with Crippen molar-refractivity contribution in [2.24, 2.45) is 0 Å². The molecular formula is C26H22N4O3S. The number of imide groups is 1. The maximum absolute atomic E-state index is 12.7. The molecule has 0 unspecified atom stereocenters. The predicted molar refractivity (Wildman–Crippen MR) is 131 cm³/mol. The summed E-state index contributed by atoms with van der Waals surface area (Å²) in [6.07, 6.45) is 0. The summed E-state index contributed by atoms with van der Waals surface area (Å²) in [5.74, 6) is 1.34. The SMILES string of the molecule is COc1ccccc1-c1nnc(SCCN2C(=O)c3ccccc3C2=O)n1-c1ccc(C)cc1. The molecule has 4 aromatic rings. The van der Waals surface area contributed by atoms with Gasteiger partial charge in [-0.25, -0.2) is 0 Å². The third kappa shape index (κ3) is 3.86. The van der Waals surface area contributed by atoms with Crippen LogP contribution in [0.1, 0.15) is 26.3 Å². The maximum atomic E-state index is 12.7. The lowest BCUT2D eigenvalue weighted by molar-refractivity contribution is 0.0664. The average molecular weight is 471 g/mol.